The van der Waals surface area contributed by atoms with Gasteiger partial charge in [-0.15, -0.1) is 0 Å². The monoisotopic (exact) mass is 384 g/mol. The van der Waals surface area contributed by atoms with Crippen LogP contribution in [-0.4, -0.2) is 39.6 Å². The summed E-state index contributed by atoms with van der Waals surface area (Å²) in [6, 6.07) is 10.3. The van der Waals surface area contributed by atoms with Crippen molar-refractivity contribution in [2.24, 2.45) is 5.92 Å². The minimum absolute atomic E-state index is 0.0126. The SMILES string of the molecule is O=C1C(Cc2ccc(-c3cccnc3)cc2Cl)CCN1[C@H]1CC[C@@H](O)CC1. The number of carbonyl (C=O) groups is 1. The Balaban J connectivity index is 1.43. The number of halogens is 1. The lowest BCUT2D eigenvalue weighted by atomic mass is 9.92. The zero-order valence-electron chi connectivity index (χ0n) is 15.4. The second-order valence-corrected chi connectivity index (χ2v) is 8.14. The number of amides is 1. The summed E-state index contributed by atoms with van der Waals surface area (Å²) >= 11 is 6.53. The molecule has 5 heteroatoms. The third-order valence-corrected chi connectivity index (χ3v) is 6.32. The van der Waals surface area contributed by atoms with Crippen LogP contribution in [0.15, 0.2) is 42.7 Å². The van der Waals surface area contributed by atoms with Gasteiger partial charge in [-0.05, 0) is 61.8 Å². The van der Waals surface area contributed by atoms with E-state index in [1.54, 1.807) is 6.20 Å². The molecule has 2 aromatic rings. The Morgan fingerprint density at radius 1 is 1.11 bits per heavy atom. The second-order valence-electron chi connectivity index (χ2n) is 7.73. The summed E-state index contributed by atoms with van der Waals surface area (Å²) in [5, 5.41) is 10.4. The number of carbonyl (C=O) groups excluding carboxylic acids is 1. The Bertz CT molecular complexity index is 803. The molecule has 2 fully saturated rings. The Labute approximate surface area is 165 Å². The van der Waals surface area contributed by atoms with Crippen LogP contribution in [0, 0.1) is 5.92 Å². The van der Waals surface area contributed by atoms with Crippen LogP contribution in [0.25, 0.3) is 11.1 Å². The summed E-state index contributed by atoms with van der Waals surface area (Å²) in [7, 11) is 0. The van der Waals surface area contributed by atoms with E-state index < -0.39 is 0 Å². The summed E-state index contributed by atoms with van der Waals surface area (Å²) in [5.41, 5.74) is 3.11. The molecule has 0 spiro atoms. The fourth-order valence-electron chi connectivity index (χ4n) is 4.38. The molecule has 1 atom stereocenters. The molecule has 0 bridgehead atoms. The topological polar surface area (TPSA) is 53.4 Å². The Hall–Kier alpha value is -1.91. The number of nitrogens with zero attached hydrogens (tertiary/aromatic N) is 2. The second kappa shape index (κ2) is 7.99. The number of aromatic nitrogens is 1. The van der Waals surface area contributed by atoms with Gasteiger partial charge >= 0.3 is 0 Å². The van der Waals surface area contributed by atoms with Crippen LogP contribution in [-0.2, 0) is 11.2 Å². The number of benzene rings is 1. The van der Waals surface area contributed by atoms with Crippen molar-refractivity contribution in [1.82, 2.24) is 9.88 Å². The smallest absolute Gasteiger partial charge is 0.226 e. The van der Waals surface area contributed by atoms with E-state index in [1.165, 1.54) is 0 Å². The standard InChI is InChI=1S/C22H25ClN2O2/c23-21-13-15(18-2-1-10-24-14-18)3-4-16(21)12-17-9-11-25(22(17)27)19-5-7-20(26)8-6-19/h1-4,10,13-14,17,19-20,26H,5-9,11-12H2/t17?,19-,20+. The van der Waals surface area contributed by atoms with Gasteiger partial charge in [0.05, 0.1) is 6.10 Å². The van der Waals surface area contributed by atoms with Crippen molar-refractivity contribution < 1.29 is 9.90 Å². The Morgan fingerprint density at radius 2 is 1.93 bits per heavy atom. The minimum Gasteiger partial charge on any atom is -0.393 e. The van der Waals surface area contributed by atoms with E-state index in [1.807, 2.05) is 30.5 Å². The molecule has 0 radical (unpaired) electrons. The van der Waals surface area contributed by atoms with E-state index in [2.05, 4.69) is 16.0 Å². The van der Waals surface area contributed by atoms with E-state index in [-0.39, 0.29) is 17.9 Å². The van der Waals surface area contributed by atoms with Gasteiger partial charge in [0.1, 0.15) is 0 Å². The van der Waals surface area contributed by atoms with Crippen molar-refractivity contribution in [2.45, 2.75) is 50.7 Å². The molecule has 2 heterocycles. The molecule has 1 aliphatic heterocycles. The number of rotatable bonds is 4. The molecule has 2 aliphatic rings. The van der Waals surface area contributed by atoms with Gasteiger partial charge in [-0.3, -0.25) is 9.78 Å². The summed E-state index contributed by atoms with van der Waals surface area (Å²) < 4.78 is 0. The minimum atomic E-state index is -0.188. The number of pyridine rings is 1. The molecular formula is C22H25ClN2O2. The molecular weight excluding hydrogens is 360 g/mol. The van der Waals surface area contributed by atoms with Gasteiger partial charge in [0, 0.05) is 41.5 Å². The van der Waals surface area contributed by atoms with Crippen molar-refractivity contribution in [3.63, 3.8) is 0 Å². The largest absolute Gasteiger partial charge is 0.393 e. The lowest BCUT2D eigenvalue weighted by molar-refractivity contribution is -0.133. The summed E-state index contributed by atoms with van der Waals surface area (Å²) in [4.78, 5) is 19.1. The fraction of sp³-hybridized carbons (Fsp3) is 0.455. The number of likely N-dealkylation sites (tertiary alicyclic amines) is 1. The first-order valence-electron chi connectivity index (χ1n) is 9.79. The first-order valence-corrected chi connectivity index (χ1v) is 10.2. The van der Waals surface area contributed by atoms with E-state index in [0.717, 1.165) is 55.3 Å². The van der Waals surface area contributed by atoms with Crippen molar-refractivity contribution >= 4 is 17.5 Å². The molecule has 1 aromatic carbocycles. The highest BCUT2D eigenvalue weighted by molar-refractivity contribution is 6.31. The first-order chi connectivity index (χ1) is 13.1. The fourth-order valence-corrected chi connectivity index (χ4v) is 4.63. The summed E-state index contributed by atoms with van der Waals surface area (Å²) in [5.74, 6) is 0.266. The predicted molar refractivity (Wildman–Crippen MR) is 106 cm³/mol. The van der Waals surface area contributed by atoms with Gasteiger partial charge in [-0.25, -0.2) is 0 Å². The van der Waals surface area contributed by atoms with E-state index in [4.69, 9.17) is 11.6 Å². The van der Waals surface area contributed by atoms with Crippen LogP contribution >= 0.6 is 11.6 Å². The van der Waals surface area contributed by atoms with Crippen LogP contribution in [0.1, 0.15) is 37.7 Å². The van der Waals surface area contributed by atoms with Crippen LogP contribution in [0.4, 0.5) is 0 Å². The molecule has 1 unspecified atom stereocenters. The normalized spacial score (nSPS) is 25.8. The molecule has 4 nitrogen and oxygen atoms in total. The summed E-state index contributed by atoms with van der Waals surface area (Å²) in [6.45, 7) is 0.829. The number of aliphatic hydroxyl groups excluding tert-OH is 1. The van der Waals surface area contributed by atoms with Crippen LogP contribution in [0.3, 0.4) is 0 Å². The predicted octanol–water partition coefficient (Wildman–Crippen LogP) is 4.10. The molecule has 1 aliphatic carbocycles. The molecule has 4 rings (SSSR count). The van der Waals surface area contributed by atoms with E-state index in [0.29, 0.717) is 17.5 Å². The van der Waals surface area contributed by atoms with Gasteiger partial charge < -0.3 is 10.0 Å². The molecule has 142 valence electrons. The van der Waals surface area contributed by atoms with Gasteiger partial charge in [0.25, 0.3) is 0 Å². The molecule has 1 amide bonds. The molecule has 27 heavy (non-hydrogen) atoms. The Morgan fingerprint density at radius 3 is 2.63 bits per heavy atom. The van der Waals surface area contributed by atoms with Crippen molar-refractivity contribution in [1.29, 1.82) is 0 Å². The van der Waals surface area contributed by atoms with Crippen molar-refractivity contribution in [3.8, 4) is 11.1 Å². The van der Waals surface area contributed by atoms with Crippen molar-refractivity contribution in [2.75, 3.05) is 6.54 Å². The molecule has 1 saturated carbocycles. The zero-order chi connectivity index (χ0) is 18.8. The quantitative estimate of drug-likeness (QED) is 0.863. The highest BCUT2D eigenvalue weighted by Gasteiger charge is 2.37. The number of aliphatic hydroxyl groups is 1. The highest BCUT2D eigenvalue weighted by atomic mass is 35.5. The van der Waals surface area contributed by atoms with Crippen LogP contribution in [0.2, 0.25) is 5.02 Å². The van der Waals surface area contributed by atoms with Crippen molar-refractivity contribution in [3.05, 3.63) is 53.3 Å². The lowest BCUT2D eigenvalue weighted by Gasteiger charge is -2.33. The third kappa shape index (κ3) is 4.02. The number of hydrogen-bond acceptors (Lipinski definition) is 3. The highest BCUT2D eigenvalue weighted by Crippen LogP contribution is 2.33. The zero-order valence-corrected chi connectivity index (χ0v) is 16.1. The third-order valence-electron chi connectivity index (χ3n) is 5.97. The average Bonchev–Trinajstić information content (AvgIpc) is 3.05. The summed E-state index contributed by atoms with van der Waals surface area (Å²) in [6.07, 6.45) is 8.42. The van der Waals surface area contributed by atoms with Gasteiger partial charge in [0.15, 0.2) is 0 Å². The van der Waals surface area contributed by atoms with Crippen LogP contribution < -0.4 is 0 Å². The van der Waals surface area contributed by atoms with E-state index >= 15 is 0 Å². The lowest BCUT2D eigenvalue weighted by Crippen LogP contribution is -2.41. The van der Waals surface area contributed by atoms with Gasteiger partial charge in [-0.1, -0.05) is 29.8 Å². The maximum atomic E-state index is 12.9. The Kier molecular flexibility index (Phi) is 5.46. The number of hydrogen-bond donors (Lipinski definition) is 1. The first kappa shape index (κ1) is 18.5. The average molecular weight is 385 g/mol. The molecule has 1 aromatic heterocycles. The maximum Gasteiger partial charge on any atom is 0.226 e. The van der Waals surface area contributed by atoms with Crippen LogP contribution in [0.5, 0.6) is 0 Å². The maximum absolute atomic E-state index is 12.9. The van der Waals surface area contributed by atoms with E-state index in [9.17, 15) is 9.90 Å². The van der Waals surface area contributed by atoms with Gasteiger partial charge in [-0.2, -0.15) is 0 Å². The van der Waals surface area contributed by atoms with Gasteiger partial charge in [0.2, 0.25) is 5.91 Å². The molecule has 1 N–H and O–H groups in total. The molecule has 1 saturated heterocycles.